The average molecular weight is 374 g/mol. The van der Waals surface area contributed by atoms with Crippen molar-refractivity contribution >= 4 is 0 Å². The largest absolute Gasteiger partial charge is 0.366 e. The maximum Gasteiger partial charge on any atom is 0.160 e. The monoisotopic (exact) mass is 373 g/mol. The molecule has 0 amide bonds. The van der Waals surface area contributed by atoms with Gasteiger partial charge in [0.25, 0.3) is 0 Å². The van der Waals surface area contributed by atoms with Crippen LogP contribution >= 0.6 is 0 Å². The van der Waals surface area contributed by atoms with Gasteiger partial charge in [-0.1, -0.05) is 20.4 Å². The third kappa shape index (κ3) is 3.06. The minimum absolute atomic E-state index is 0.132. The Morgan fingerprint density at radius 1 is 1.15 bits per heavy atom. The average Bonchev–Trinajstić information content (AvgIpc) is 2.91. The van der Waals surface area contributed by atoms with Crippen LogP contribution in [0.2, 0.25) is 0 Å². The molecule has 4 saturated carbocycles. The molecule has 4 rings (SSSR count). The number of nitrogens with two attached hydrogens (primary N) is 1. The van der Waals surface area contributed by atoms with Crippen LogP contribution in [0.15, 0.2) is 17.9 Å². The molecule has 0 aromatic rings. The molecule has 0 bridgehead atoms. The van der Waals surface area contributed by atoms with Crippen molar-refractivity contribution in [3.63, 3.8) is 0 Å². The first-order valence-corrected chi connectivity index (χ1v) is 11.1. The van der Waals surface area contributed by atoms with Gasteiger partial charge in [0.2, 0.25) is 0 Å². The van der Waals surface area contributed by atoms with Crippen LogP contribution in [0.4, 0.5) is 0 Å². The fourth-order valence-electron chi connectivity index (χ4n) is 7.83. The first-order chi connectivity index (χ1) is 12.6. The van der Waals surface area contributed by atoms with E-state index in [-0.39, 0.29) is 11.5 Å². The maximum absolute atomic E-state index is 10.5. The normalized spacial score (nSPS) is 49.8. The summed E-state index contributed by atoms with van der Waals surface area (Å²) in [7, 11) is 0. The lowest BCUT2D eigenvalue weighted by atomic mass is 9.44. The zero-order valence-electron chi connectivity index (χ0n) is 17.8. The van der Waals surface area contributed by atoms with E-state index in [1.807, 2.05) is 0 Å². The van der Waals surface area contributed by atoms with Gasteiger partial charge in [-0.15, -0.1) is 5.73 Å². The van der Waals surface area contributed by atoms with Gasteiger partial charge in [-0.25, -0.2) is 0 Å². The van der Waals surface area contributed by atoms with Gasteiger partial charge in [-0.05, 0) is 105 Å². The van der Waals surface area contributed by atoms with Crippen LogP contribution in [0.3, 0.4) is 0 Å². The van der Waals surface area contributed by atoms with Gasteiger partial charge < -0.3 is 15.6 Å². The molecule has 27 heavy (non-hydrogen) atoms. The quantitative estimate of drug-likeness (QED) is 0.540. The standard InChI is InChI=1S/C24H39NO2/c1-6-15-7-8-18-21-19(10-12-23(15,18)4)24(5)11-9-17(25)13-16(24)14-20(21)27-22(2,3)26/h16-21,26H,1,7-14,25H2,2-5H3. The van der Waals surface area contributed by atoms with Crippen LogP contribution in [0, 0.1) is 34.5 Å². The van der Waals surface area contributed by atoms with Crippen molar-refractivity contribution < 1.29 is 9.84 Å². The Morgan fingerprint density at radius 2 is 1.89 bits per heavy atom. The van der Waals surface area contributed by atoms with Gasteiger partial charge >= 0.3 is 0 Å². The van der Waals surface area contributed by atoms with Gasteiger partial charge in [0.1, 0.15) is 0 Å². The minimum atomic E-state index is -1.08. The van der Waals surface area contributed by atoms with Gasteiger partial charge in [-0.2, -0.15) is 0 Å². The Hall–Kier alpha value is -0.600. The van der Waals surface area contributed by atoms with Crippen LogP contribution in [0.1, 0.15) is 79.1 Å². The highest BCUT2D eigenvalue weighted by Crippen LogP contribution is 2.67. The van der Waals surface area contributed by atoms with E-state index < -0.39 is 5.79 Å². The molecule has 8 atom stereocenters. The summed E-state index contributed by atoms with van der Waals surface area (Å²) in [4.78, 5) is 0. The van der Waals surface area contributed by atoms with E-state index in [2.05, 4.69) is 26.2 Å². The Morgan fingerprint density at radius 3 is 2.56 bits per heavy atom. The zero-order valence-corrected chi connectivity index (χ0v) is 17.8. The van der Waals surface area contributed by atoms with Crippen LogP contribution < -0.4 is 5.73 Å². The predicted molar refractivity (Wildman–Crippen MR) is 109 cm³/mol. The second kappa shape index (κ2) is 6.46. The molecule has 0 aromatic heterocycles. The van der Waals surface area contributed by atoms with Gasteiger partial charge in [0, 0.05) is 6.04 Å². The van der Waals surface area contributed by atoms with E-state index in [4.69, 9.17) is 10.5 Å². The van der Waals surface area contributed by atoms with Crippen molar-refractivity contribution in [3.05, 3.63) is 17.9 Å². The Balaban J connectivity index is 1.73. The Kier molecular flexibility index (Phi) is 4.71. The lowest BCUT2D eigenvalue weighted by Crippen LogP contribution is -2.60. The summed E-state index contributed by atoms with van der Waals surface area (Å²) in [5, 5.41) is 10.5. The third-order valence-corrected chi connectivity index (χ3v) is 9.14. The van der Waals surface area contributed by atoms with E-state index >= 15 is 0 Å². The lowest BCUT2D eigenvalue weighted by Gasteiger charge is -2.62. The number of aliphatic hydroxyl groups is 1. The molecule has 0 heterocycles. The molecule has 4 aliphatic carbocycles. The fraction of sp³-hybridized carbons (Fsp3) is 0.875. The van der Waals surface area contributed by atoms with Crippen molar-refractivity contribution in [3.8, 4) is 0 Å². The molecule has 4 aliphatic rings. The number of ether oxygens (including phenoxy) is 1. The van der Waals surface area contributed by atoms with Crippen LogP contribution in [-0.4, -0.2) is 23.0 Å². The van der Waals surface area contributed by atoms with Crippen LogP contribution in [0.25, 0.3) is 0 Å². The summed E-state index contributed by atoms with van der Waals surface area (Å²) in [5.74, 6) is 1.37. The zero-order chi connectivity index (χ0) is 19.6. The Bertz CT molecular complexity index is 645. The first-order valence-electron chi connectivity index (χ1n) is 11.1. The molecule has 4 fully saturated rings. The molecule has 0 aromatic carbocycles. The van der Waals surface area contributed by atoms with Crippen LogP contribution in [0.5, 0.6) is 0 Å². The molecule has 0 saturated heterocycles. The summed E-state index contributed by atoms with van der Waals surface area (Å²) in [5.41, 5.74) is 11.7. The number of fused-ring (bicyclic) bond motifs is 5. The van der Waals surface area contributed by atoms with Gasteiger partial charge in [-0.3, -0.25) is 0 Å². The third-order valence-electron chi connectivity index (χ3n) is 9.14. The second-order valence-corrected chi connectivity index (χ2v) is 11.0. The van der Waals surface area contributed by atoms with E-state index in [0.717, 1.165) is 25.7 Å². The second-order valence-electron chi connectivity index (χ2n) is 11.0. The SMILES string of the molecule is C=C=C1CCC2C3C(OC(C)(C)O)CC4CC(N)CCC4(C)C3CCC12C. The van der Waals surface area contributed by atoms with Gasteiger partial charge in [0.05, 0.1) is 6.10 Å². The maximum atomic E-state index is 10.5. The highest BCUT2D eigenvalue weighted by atomic mass is 16.6. The van der Waals surface area contributed by atoms with Crippen molar-refractivity contribution in [2.45, 2.75) is 97.0 Å². The highest BCUT2D eigenvalue weighted by Gasteiger charge is 2.62. The molecule has 8 unspecified atom stereocenters. The van der Waals surface area contributed by atoms with Crippen molar-refractivity contribution in [1.82, 2.24) is 0 Å². The summed E-state index contributed by atoms with van der Waals surface area (Å²) in [6, 6.07) is 0.332. The number of allylic oxidation sites excluding steroid dienone is 1. The molecule has 3 heteroatoms. The first kappa shape index (κ1) is 19.7. The summed E-state index contributed by atoms with van der Waals surface area (Å²) >= 11 is 0. The minimum Gasteiger partial charge on any atom is -0.366 e. The molecular weight excluding hydrogens is 334 g/mol. The van der Waals surface area contributed by atoms with Crippen LogP contribution in [-0.2, 0) is 4.74 Å². The molecular formula is C24H39NO2. The highest BCUT2D eigenvalue weighted by molar-refractivity contribution is 5.24. The molecule has 3 nitrogen and oxygen atoms in total. The summed E-state index contributed by atoms with van der Waals surface area (Å²) in [6.07, 6.45) is 9.58. The van der Waals surface area contributed by atoms with E-state index in [0.29, 0.717) is 35.1 Å². The Labute approximate surface area is 165 Å². The number of hydrogen-bond acceptors (Lipinski definition) is 3. The fourth-order valence-corrected chi connectivity index (χ4v) is 7.83. The number of hydrogen-bond donors (Lipinski definition) is 2. The van der Waals surface area contributed by atoms with Crippen molar-refractivity contribution in [1.29, 1.82) is 0 Å². The topological polar surface area (TPSA) is 55.5 Å². The molecule has 3 N–H and O–H groups in total. The van der Waals surface area contributed by atoms with Crippen molar-refractivity contribution in [2.24, 2.45) is 40.2 Å². The van der Waals surface area contributed by atoms with E-state index in [1.165, 1.54) is 31.3 Å². The van der Waals surface area contributed by atoms with E-state index in [1.54, 1.807) is 13.8 Å². The smallest absolute Gasteiger partial charge is 0.160 e. The summed E-state index contributed by atoms with van der Waals surface area (Å²) < 4.78 is 6.37. The lowest BCUT2D eigenvalue weighted by molar-refractivity contribution is -0.261. The van der Waals surface area contributed by atoms with Crippen molar-refractivity contribution in [2.75, 3.05) is 0 Å². The molecule has 0 radical (unpaired) electrons. The van der Waals surface area contributed by atoms with E-state index in [9.17, 15) is 5.11 Å². The molecule has 152 valence electrons. The molecule has 0 aliphatic heterocycles. The molecule has 0 spiro atoms. The van der Waals surface area contributed by atoms with Gasteiger partial charge in [0.15, 0.2) is 5.79 Å². The predicted octanol–water partition coefficient (Wildman–Crippen LogP) is 4.79. The summed E-state index contributed by atoms with van der Waals surface area (Å²) in [6.45, 7) is 12.6. The number of rotatable bonds is 2.